The molecular formula is C13H16BrF2NO. The van der Waals surface area contributed by atoms with Crippen LogP contribution in [0.4, 0.5) is 8.78 Å². The number of hydrogen-bond donors (Lipinski definition) is 1. The lowest BCUT2D eigenvalue weighted by atomic mass is 10.2. The first-order chi connectivity index (χ1) is 8.56. The Morgan fingerprint density at radius 2 is 2.17 bits per heavy atom. The van der Waals surface area contributed by atoms with Crippen molar-refractivity contribution in [2.24, 2.45) is 5.92 Å². The van der Waals surface area contributed by atoms with Gasteiger partial charge in [0.15, 0.2) is 11.6 Å². The summed E-state index contributed by atoms with van der Waals surface area (Å²) in [6, 6.07) is 3.17. The molecule has 2 rings (SSSR count). The molecule has 1 aromatic rings. The van der Waals surface area contributed by atoms with Gasteiger partial charge in [-0.1, -0.05) is 22.9 Å². The fourth-order valence-corrected chi connectivity index (χ4v) is 1.99. The molecule has 18 heavy (non-hydrogen) atoms. The standard InChI is InChI=1S/C13H16BrF2NO/c1-8(6-17-10-2-3-10)7-18-12-5-9(14)4-11(15)13(12)16/h4-5,8,10,17H,2-3,6-7H2,1H3. The van der Waals surface area contributed by atoms with Gasteiger partial charge in [0.2, 0.25) is 5.82 Å². The van der Waals surface area contributed by atoms with Crippen LogP contribution >= 0.6 is 15.9 Å². The lowest BCUT2D eigenvalue weighted by molar-refractivity contribution is 0.242. The molecule has 1 atom stereocenters. The van der Waals surface area contributed by atoms with Crippen LogP contribution in [0.3, 0.4) is 0 Å². The highest BCUT2D eigenvalue weighted by atomic mass is 79.9. The summed E-state index contributed by atoms with van der Waals surface area (Å²) in [5.41, 5.74) is 0. The molecule has 1 saturated carbocycles. The van der Waals surface area contributed by atoms with Crippen molar-refractivity contribution in [1.82, 2.24) is 5.32 Å². The first-order valence-electron chi connectivity index (χ1n) is 6.07. The Morgan fingerprint density at radius 1 is 1.44 bits per heavy atom. The van der Waals surface area contributed by atoms with E-state index < -0.39 is 11.6 Å². The number of halogens is 3. The highest BCUT2D eigenvalue weighted by Crippen LogP contribution is 2.25. The lowest BCUT2D eigenvalue weighted by Crippen LogP contribution is -2.26. The molecule has 0 radical (unpaired) electrons. The third kappa shape index (κ3) is 3.92. The summed E-state index contributed by atoms with van der Waals surface area (Å²) >= 11 is 3.11. The van der Waals surface area contributed by atoms with E-state index in [1.54, 1.807) is 0 Å². The van der Waals surface area contributed by atoms with Crippen molar-refractivity contribution in [1.29, 1.82) is 0 Å². The van der Waals surface area contributed by atoms with Crippen molar-refractivity contribution in [2.45, 2.75) is 25.8 Å². The van der Waals surface area contributed by atoms with Crippen LogP contribution in [0.1, 0.15) is 19.8 Å². The van der Waals surface area contributed by atoms with Gasteiger partial charge in [-0.15, -0.1) is 0 Å². The van der Waals surface area contributed by atoms with E-state index in [-0.39, 0.29) is 11.7 Å². The van der Waals surface area contributed by atoms with Gasteiger partial charge in [0.05, 0.1) is 6.61 Å². The third-order valence-electron chi connectivity index (χ3n) is 2.82. The van der Waals surface area contributed by atoms with E-state index in [9.17, 15) is 8.78 Å². The Morgan fingerprint density at radius 3 is 2.83 bits per heavy atom. The number of benzene rings is 1. The van der Waals surface area contributed by atoms with Crippen LogP contribution in [0.25, 0.3) is 0 Å². The van der Waals surface area contributed by atoms with Crippen LogP contribution in [0.5, 0.6) is 5.75 Å². The highest BCUT2D eigenvalue weighted by molar-refractivity contribution is 9.10. The summed E-state index contributed by atoms with van der Waals surface area (Å²) in [6.07, 6.45) is 2.47. The first-order valence-corrected chi connectivity index (χ1v) is 6.86. The monoisotopic (exact) mass is 319 g/mol. The Bertz CT molecular complexity index is 424. The largest absolute Gasteiger partial charge is 0.490 e. The zero-order chi connectivity index (χ0) is 13.1. The van der Waals surface area contributed by atoms with Gasteiger partial charge in [-0.25, -0.2) is 4.39 Å². The molecular weight excluding hydrogens is 304 g/mol. The van der Waals surface area contributed by atoms with E-state index in [1.807, 2.05) is 6.92 Å². The fourth-order valence-electron chi connectivity index (χ4n) is 1.58. The topological polar surface area (TPSA) is 21.3 Å². The number of nitrogens with one attached hydrogen (secondary N) is 1. The minimum atomic E-state index is -0.930. The minimum absolute atomic E-state index is 0.0415. The molecule has 2 nitrogen and oxygen atoms in total. The van der Waals surface area contributed by atoms with E-state index in [0.717, 1.165) is 12.6 Å². The lowest BCUT2D eigenvalue weighted by Gasteiger charge is -2.14. The summed E-state index contributed by atoms with van der Waals surface area (Å²) < 4.78 is 32.3. The van der Waals surface area contributed by atoms with Crippen molar-refractivity contribution in [3.63, 3.8) is 0 Å². The van der Waals surface area contributed by atoms with Crippen LogP contribution in [0.2, 0.25) is 0 Å². The molecule has 1 aliphatic carbocycles. The molecule has 0 aromatic heterocycles. The Kier molecular flexibility index (Phi) is 4.56. The smallest absolute Gasteiger partial charge is 0.200 e. The van der Waals surface area contributed by atoms with Gasteiger partial charge in [0.25, 0.3) is 0 Å². The molecule has 5 heteroatoms. The summed E-state index contributed by atoms with van der Waals surface area (Å²) in [4.78, 5) is 0. The Labute approximate surface area is 114 Å². The second-order valence-corrected chi connectivity index (χ2v) is 5.71. The molecule has 0 bridgehead atoms. The second kappa shape index (κ2) is 5.97. The number of hydrogen-bond acceptors (Lipinski definition) is 2. The van der Waals surface area contributed by atoms with E-state index in [2.05, 4.69) is 21.2 Å². The van der Waals surface area contributed by atoms with Crippen molar-refractivity contribution in [3.05, 3.63) is 28.2 Å². The summed E-state index contributed by atoms with van der Waals surface area (Å²) in [5.74, 6) is -1.61. The fraction of sp³-hybridized carbons (Fsp3) is 0.538. The average molecular weight is 320 g/mol. The number of rotatable bonds is 6. The van der Waals surface area contributed by atoms with E-state index >= 15 is 0 Å². The van der Waals surface area contributed by atoms with Crippen LogP contribution in [0, 0.1) is 17.6 Å². The molecule has 1 aliphatic rings. The van der Waals surface area contributed by atoms with E-state index in [0.29, 0.717) is 17.1 Å². The van der Waals surface area contributed by atoms with Gasteiger partial charge >= 0.3 is 0 Å². The summed E-state index contributed by atoms with van der Waals surface area (Å²) in [7, 11) is 0. The summed E-state index contributed by atoms with van der Waals surface area (Å²) in [6.45, 7) is 3.22. The van der Waals surface area contributed by atoms with Gasteiger partial charge < -0.3 is 10.1 Å². The molecule has 1 unspecified atom stereocenters. The van der Waals surface area contributed by atoms with Crippen LogP contribution in [-0.2, 0) is 0 Å². The van der Waals surface area contributed by atoms with Gasteiger partial charge in [0, 0.05) is 23.0 Å². The predicted octanol–water partition coefficient (Wildman–Crippen LogP) is 3.49. The number of ether oxygens (including phenoxy) is 1. The van der Waals surface area contributed by atoms with Crippen molar-refractivity contribution in [2.75, 3.05) is 13.2 Å². The van der Waals surface area contributed by atoms with E-state index in [4.69, 9.17) is 4.74 Å². The van der Waals surface area contributed by atoms with Gasteiger partial charge in [-0.05, 0) is 25.0 Å². The molecule has 1 fully saturated rings. The average Bonchev–Trinajstić information content (AvgIpc) is 3.13. The van der Waals surface area contributed by atoms with Crippen molar-refractivity contribution in [3.8, 4) is 5.75 Å². The Balaban J connectivity index is 1.84. The maximum atomic E-state index is 13.4. The summed E-state index contributed by atoms with van der Waals surface area (Å²) in [5, 5.41) is 3.37. The highest BCUT2D eigenvalue weighted by Gasteiger charge is 2.21. The van der Waals surface area contributed by atoms with Crippen LogP contribution in [-0.4, -0.2) is 19.2 Å². The van der Waals surface area contributed by atoms with Gasteiger partial charge in [-0.2, -0.15) is 4.39 Å². The van der Waals surface area contributed by atoms with E-state index in [1.165, 1.54) is 18.9 Å². The quantitative estimate of drug-likeness (QED) is 0.810. The zero-order valence-electron chi connectivity index (χ0n) is 10.2. The second-order valence-electron chi connectivity index (χ2n) is 4.80. The molecule has 0 saturated heterocycles. The van der Waals surface area contributed by atoms with Crippen molar-refractivity contribution >= 4 is 15.9 Å². The van der Waals surface area contributed by atoms with Crippen LogP contribution < -0.4 is 10.1 Å². The minimum Gasteiger partial charge on any atom is -0.490 e. The molecule has 0 amide bonds. The molecule has 0 aliphatic heterocycles. The molecule has 0 heterocycles. The van der Waals surface area contributed by atoms with Gasteiger partial charge in [-0.3, -0.25) is 0 Å². The molecule has 1 N–H and O–H groups in total. The predicted molar refractivity (Wildman–Crippen MR) is 69.7 cm³/mol. The SMILES string of the molecule is CC(CNC1CC1)COc1cc(Br)cc(F)c1F. The van der Waals surface area contributed by atoms with Crippen LogP contribution in [0.15, 0.2) is 16.6 Å². The molecule has 100 valence electrons. The zero-order valence-corrected chi connectivity index (χ0v) is 11.8. The van der Waals surface area contributed by atoms with Gasteiger partial charge in [0.1, 0.15) is 0 Å². The molecule has 0 spiro atoms. The van der Waals surface area contributed by atoms with Crippen molar-refractivity contribution < 1.29 is 13.5 Å². The first kappa shape index (κ1) is 13.7. The third-order valence-corrected chi connectivity index (χ3v) is 3.27. The normalized spacial score (nSPS) is 16.7. The molecule has 1 aromatic carbocycles. The Hall–Kier alpha value is -0.680. The maximum absolute atomic E-state index is 13.4. The maximum Gasteiger partial charge on any atom is 0.200 e.